The highest BCUT2D eigenvalue weighted by Crippen LogP contribution is 2.37. The molecule has 0 saturated carbocycles. The Balaban J connectivity index is 2.14. The topological polar surface area (TPSA) is 12.0 Å². The van der Waals surface area contributed by atoms with Crippen LogP contribution < -0.4 is 5.32 Å². The largest absolute Gasteiger partial charge is 0.393 e. The zero-order valence-electron chi connectivity index (χ0n) is 11.6. The smallest absolute Gasteiger partial charge is 0.309 e. The van der Waals surface area contributed by atoms with Gasteiger partial charge in [-0.25, -0.2) is 0 Å². The van der Waals surface area contributed by atoms with Gasteiger partial charge in [0, 0.05) is 12.6 Å². The van der Waals surface area contributed by atoms with Crippen molar-refractivity contribution in [1.29, 1.82) is 0 Å². The Kier molecular flexibility index (Phi) is 3.90. The third-order valence-electron chi connectivity index (χ3n) is 3.96. The lowest BCUT2D eigenvalue weighted by atomic mass is 9.86. The second-order valence-corrected chi connectivity index (χ2v) is 5.59. The summed E-state index contributed by atoms with van der Waals surface area (Å²) in [6, 6.07) is 4.25. The van der Waals surface area contributed by atoms with Gasteiger partial charge < -0.3 is 5.32 Å². The van der Waals surface area contributed by atoms with Gasteiger partial charge in [0.15, 0.2) is 0 Å². The molecule has 0 aromatic heterocycles. The van der Waals surface area contributed by atoms with Crippen LogP contribution in [0.25, 0.3) is 0 Å². The van der Waals surface area contributed by atoms with Crippen molar-refractivity contribution in [2.45, 2.75) is 45.8 Å². The summed E-state index contributed by atoms with van der Waals surface area (Å²) in [5.41, 5.74) is 4.70. The number of rotatable bonds is 1. The fourth-order valence-electron chi connectivity index (χ4n) is 3.12. The van der Waals surface area contributed by atoms with Gasteiger partial charge in [0.1, 0.15) is 0 Å². The van der Waals surface area contributed by atoms with Crippen LogP contribution in [0, 0.1) is 26.7 Å². The molecule has 1 aliphatic rings. The molecule has 0 aliphatic carbocycles. The maximum Gasteiger partial charge on any atom is 0.393 e. The molecule has 1 N–H and O–H groups in total. The molecular weight excluding hydrogens is 251 g/mol. The number of piperidine rings is 1. The van der Waals surface area contributed by atoms with E-state index in [0.717, 1.165) is 0 Å². The summed E-state index contributed by atoms with van der Waals surface area (Å²) in [4.78, 5) is 0. The Morgan fingerprint density at radius 2 is 1.63 bits per heavy atom. The summed E-state index contributed by atoms with van der Waals surface area (Å²) >= 11 is 0. The average molecular weight is 271 g/mol. The van der Waals surface area contributed by atoms with Gasteiger partial charge >= 0.3 is 6.18 Å². The molecule has 2 unspecified atom stereocenters. The van der Waals surface area contributed by atoms with Gasteiger partial charge in [-0.1, -0.05) is 17.7 Å². The molecule has 0 spiro atoms. The Morgan fingerprint density at radius 3 is 2.05 bits per heavy atom. The second kappa shape index (κ2) is 5.16. The molecule has 1 aromatic carbocycles. The lowest BCUT2D eigenvalue weighted by Crippen LogP contribution is -2.40. The number of benzene rings is 1. The normalized spacial score (nSPS) is 24.5. The van der Waals surface area contributed by atoms with Crippen molar-refractivity contribution in [3.63, 3.8) is 0 Å². The van der Waals surface area contributed by atoms with Crippen LogP contribution in [0.5, 0.6) is 0 Å². The van der Waals surface area contributed by atoms with Gasteiger partial charge in [-0.3, -0.25) is 0 Å². The zero-order chi connectivity index (χ0) is 14.2. The predicted molar refractivity (Wildman–Crippen MR) is 70.2 cm³/mol. The Bertz CT molecular complexity index is 434. The van der Waals surface area contributed by atoms with Crippen molar-refractivity contribution in [3.8, 4) is 0 Å². The quantitative estimate of drug-likeness (QED) is 0.806. The maximum absolute atomic E-state index is 12.6. The molecule has 1 aromatic rings. The minimum Gasteiger partial charge on any atom is -0.309 e. The molecule has 0 bridgehead atoms. The lowest BCUT2D eigenvalue weighted by Gasteiger charge is -2.33. The number of hydrogen-bond donors (Lipinski definition) is 1. The molecule has 2 rings (SSSR count). The highest BCUT2D eigenvalue weighted by Gasteiger charge is 2.41. The molecule has 1 aliphatic heterocycles. The molecule has 1 heterocycles. The third kappa shape index (κ3) is 3.11. The predicted octanol–water partition coefficient (Wildman–Crippen LogP) is 4.21. The molecule has 19 heavy (non-hydrogen) atoms. The van der Waals surface area contributed by atoms with Crippen molar-refractivity contribution < 1.29 is 13.2 Å². The van der Waals surface area contributed by atoms with E-state index >= 15 is 0 Å². The minimum atomic E-state index is -4.07. The van der Waals surface area contributed by atoms with Crippen LogP contribution in [-0.2, 0) is 0 Å². The van der Waals surface area contributed by atoms with Gasteiger partial charge in [0.2, 0.25) is 0 Å². The number of halogens is 3. The molecule has 0 radical (unpaired) electrons. The van der Waals surface area contributed by atoms with Gasteiger partial charge in [-0.15, -0.1) is 0 Å². The molecule has 0 amide bonds. The molecular formula is C15H20F3N. The standard InChI is InChI=1S/C15H20F3N/c1-9-6-10(2)14(11(3)7-9)13-5-4-12(8-19-13)15(16,17)18/h6-7,12-13,19H,4-5,8H2,1-3H3. The van der Waals surface area contributed by atoms with Crippen molar-refractivity contribution in [2.24, 2.45) is 5.92 Å². The summed E-state index contributed by atoms with van der Waals surface area (Å²) in [7, 11) is 0. The maximum atomic E-state index is 12.6. The average Bonchev–Trinajstić information content (AvgIpc) is 2.27. The number of aryl methyl sites for hydroxylation is 3. The van der Waals surface area contributed by atoms with E-state index in [1.165, 1.54) is 22.3 Å². The lowest BCUT2D eigenvalue weighted by molar-refractivity contribution is -0.179. The third-order valence-corrected chi connectivity index (χ3v) is 3.96. The van der Waals surface area contributed by atoms with Crippen molar-refractivity contribution in [1.82, 2.24) is 5.32 Å². The van der Waals surface area contributed by atoms with Crippen LogP contribution in [0.4, 0.5) is 13.2 Å². The molecule has 1 saturated heterocycles. The Morgan fingerprint density at radius 1 is 1.05 bits per heavy atom. The van der Waals surface area contributed by atoms with E-state index in [2.05, 4.69) is 17.4 Å². The molecule has 4 heteroatoms. The summed E-state index contributed by atoms with van der Waals surface area (Å²) in [6.07, 6.45) is -3.31. The van der Waals surface area contributed by atoms with Crippen LogP contribution in [0.3, 0.4) is 0 Å². The summed E-state index contributed by atoms with van der Waals surface area (Å²) in [5, 5.41) is 3.07. The van der Waals surface area contributed by atoms with Gasteiger partial charge in [-0.05, 0) is 50.3 Å². The van der Waals surface area contributed by atoms with Gasteiger partial charge in [0.05, 0.1) is 5.92 Å². The highest BCUT2D eigenvalue weighted by molar-refractivity contribution is 5.39. The van der Waals surface area contributed by atoms with E-state index in [-0.39, 0.29) is 19.0 Å². The van der Waals surface area contributed by atoms with Gasteiger partial charge in [-0.2, -0.15) is 13.2 Å². The minimum absolute atomic E-state index is 0.0287. The monoisotopic (exact) mass is 271 g/mol. The molecule has 1 fully saturated rings. The van der Waals surface area contributed by atoms with E-state index in [0.29, 0.717) is 6.42 Å². The van der Waals surface area contributed by atoms with Crippen LogP contribution in [-0.4, -0.2) is 12.7 Å². The van der Waals surface area contributed by atoms with Crippen molar-refractivity contribution in [3.05, 3.63) is 34.4 Å². The van der Waals surface area contributed by atoms with Crippen LogP contribution in [0.2, 0.25) is 0 Å². The first-order valence-electron chi connectivity index (χ1n) is 6.67. The van der Waals surface area contributed by atoms with Crippen molar-refractivity contribution >= 4 is 0 Å². The molecule has 2 atom stereocenters. The summed E-state index contributed by atoms with van der Waals surface area (Å²) < 4.78 is 37.9. The van der Waals surface area contributed by atoms with E-state index in [1.807, 2.05) is 20.8 Å². The van der Waals surface area contributed by atoms with Crippen LogP contribution in [0.15, 0.2) is 12.1 Å². The van der Waals surface area contributed by atoms with E-state index in [4.69, 9.17) is 0 Å². The van der Waals surface area contributed by atoms with Gasteiger partial charge in [0.25, 0.3) is 0 Å². The van der Waals surface area contributed by atoms with E-state index < -0.39 is 12.1 Å². The Hall–Kier alpha value is -1.03. The highest BCUT2D eigenvalue weighted by atomic mass is 19.4. The fraction of sp³-hybridized carbons (Fsp3) is 0.600. The SMILES string of the molecule is Cc1cc(C)c(C2CCC(C(F)(F)F)CN2)c(C)c1. The van der Waals surface area contributed by atoms with Crippen LogP contribution in [0.1, 0.15) is 41.1 Å². The summed E-state index contributed by atoms with van der Waals surface area (Å²) in [6.45, 7) is 6.14. The second-order valence-electron chi connectivity index (χ2n) is 5.59. The van der Waals surface area contributed by atoms with Crippen LogP contribution >= 0.6 is 0 Å². The summed E-state index contributed by atoms with van der Waals surface area (Å²) in [5.74, 6) is -1.20. The van der Waals surface area contributed by atoms with E-state index in [9.17, 15) is 13.2 Å². The first-order valence-corrected chi connectivity index (χ1v) is 6.67. The first kappa shape index (κ1) is 14.4. The van der Waals surface area contributed by atoms with Crippen molar-refractivity contribution in [2.75, 3.05) is 6.54 Å². The molecule has 1 nitrogen and oxygen atoms in total. The first-order chi connectivity index (χ1) is 8.79. The Labute approximate surface area is 112 Å². The number of alkyl halides is 3. The number of nitrogens with one attached hydrogen (secondary N) is 1. The fourth-order valence-corrected chi connectivity index (χ4v) is 3.12. The van der Waals surface area contributed by atoms with E-state index in [1.54, 1.807) is 0 Å². The number of hydrogen-bond acceptors (Lipinski definition) is 1. The zero-order valence-corrected chi connectivity index (χ0v) is 11.6. The molecule has 106 valence electrons.